The van der Waals surface area contributed by atoms with Crippen LogP contribution in [0, 0.1) is 0 Å². The van der Waals surface area contributed by atoms with Crippen LogP contribution in [0.2, 0.25) is 0 Å². The van der Waals surface area contributed by atoms with Crippen LogP contribution in [0.5, 0.6) is 11.5 Å². The average Bonchev–Trinajstić information content (AvgIpc) is 2.97. The fourth-order valence-electron chi connectivity index (χ4n) is 1.65. The van der Waals surface area contributed by atoms with Crippen LogP contribution in [-0.4, -0.2) is 27.7 Å². The quantitative estimate of drug-likeness (QED) is 0.847. The number of benzene rings is 1. The number of aliphatic hydroxyl groups excluding tert-OH is 1. The van der Waals surface area contributed by atoms with E-state index in [2.05, 4.69) is 4.72 Å². The average molecular weight is 329 g/mol. The number of methoxy groups -OCH3 is 2. The molecule has 0 saturated heterocycles. The molecule has 8 heteroatoms. The number of hydrogen-bond donors (Lipinski definition) is 2. The van der Waals surface area contributed by atoms with Gasteiger partial charge in [-0.2, -0.15) is 0 Å². The van der Waals surface area contributed by atoms with Gasteiger partial charge in [0.2, 0.25) is 0 Å². The highest BCUT2D eigenvalue weighted by Gasteiger charge is 2.19. The normalized spacial score (nSPS) is 11.2. The van der Waals surface area contributed by atoms with Crippen molar-refractivity contribution in [1.29, 1.82) is 0 Å². The first-order valence-electron chi connectivity index (χ1n) is 5.93. The predicted octanol–water partition coefficient (Wildman–Crippen LogP) is 2.06. The van der Waals surface area contributed by atoms with Crippen LogP contribution in [0.4, 0.5) is 5.69 Å². The minimum atomic E-state index is -3.72. The molecule has 0 aliphatic carbocycles. The fourth-order valence-corrected chi connectivity index (χ4v) is 3.93. The van der Waals surface area contributed by atoms with Crippen molar-refractivity contribution in [3.05, 3.63) is 35.2 Å². The maximum atomic E-state index is 12.3. The van der Waals surface area contributed by atoms with Gasteiger partial charge in [-0.05, 0) is 29.1 Å². The van der Waals surface area contributed by atoms with Crippen molar-refractivity contribution < 1.29 is 23.0 Å². The SMILES string of the molecule is COc1ccc(NS(=O)(=O)c2cc(CO)cs2)c(OC)c1. The summed E-state index contributed by atoms with van der Waals surface area (Å²) in [5, 5.41) is 10.6. The van der Waals surface area contributed by atoms with Crippen molar-refractivity contribution in [2.45, 2.75) is 10.8 Å². The summed E-state index contributed by atoms with van der Waals surface area (Å²) in [7, 11) is -0.758. The maximum absolute atomic E-state index is 12.3. The van der Waals surface area contributed by atoms with E-state index in [4.69, 9.17) is 14.6 Å². The zero-order chi connectivity index (χ0) is 15.5. The maximum Gasteiger partial charge on any atom is 0.271 e. The van der Waals surface area contributed by atoms with Crippen molar-refractivity contribution in [1.82, 2.24) is 0 Å². The van der Waals surface area contributed by atoms with Crippen LogP contribution in [0.3, 0.4) is 0 Å². The van der Waals surface area contributed by atoms with E-state index in [0.29, 0.717) is 22.7 Å². The number of anilines is 1. The first-order valence-corrected chi connectivity index (χ1v) is 8.29. The van der Waals surface area contributed by atoms with Gasteiger partial charge in [-0.25, -0.2) is 8.42 Å². The molecule has 0 aliphatic rings. The number of rotatable bonds is 6. The van der Waals surface area contributed by atoms with Crippen molar-refractivity contribution in [3.63, 3.8) is 0 Å². The second-order valence-electron chi connectivity index (χ2n) is 4.10. The van der Waals surface area contributed by atoms with Crippen LogP contribution in [0.25, 0.3) is 0 Å². The van der Waals surface area contributed by atoms with Crippen molar-refractivity contribution in [2.24, 2.45) is 0 Å². The molecule has 6 nitrogen and oxygen atoms in total. The summed E-state index contributed by atoms with van der Waals surface area (Å²) in [6.45, 7) is -0.197. The third-order valence-corrected chi connectivity index (χ3v) is 5.58. The Morgan fingerprint density at radius 3 is 2.57 bits per heavy atom. The minimum Gasteiger partial charge on any atom is -0.497 e. The topological polar surface area (TPSA) is 84.9 Å². The molecule has 2 N–H and O–H groups in total. The lowest BCUT2D eigenvalue weighted by atomic mass is 10.3. The second kappa shape index (κ2) is 6.33. The van der Waals surface area contributed by atoms with Crippen LogP contribution in [0.1, 0.15) is 5.56 Å². The molecule has 1 heterocycles. The second-order valence-corrected chi connectivity index (χ2v) is 6.92. The summed E-state index contributed by atoms with van der Waals surface area (Å²) >= 11 is 1.05. The zero-order valence-electron chi connectivity index (χ0n) is 11.5. The fraction of sp³-hybridized carbons (Fsp3) is 0.231. The van der Waals surface area contributed by atoms with E-state index in [1.807, 2.05) is 0 Å². The molecule has 0 fully saturated rings. The lowest BCUT2D eigenvalue weighted by Crippen LogP contribution is -2.12. The van der Waals surface area contributed by atoms with Gasteiger partial charge in [-0.1, -0.05) is 0 Å². The molecule has 0 aliphatic heterocycles. The number of sulfonamides is 1. The minimum absolute atomic E-state index is 0.129. The van der Waals surface area contributed by atoms with Gasteiger partial charge in [-0.15, -0.1) is 11.3 Å². The van der Waals surface area contributed by atoms with E-state index >= 15 is 0 Å². The summed E-state index contributed by atoms with van der Waals surface area (Å²) in [6, 6.07) is 6.22. The molecular weight excluding hydrogens is 314 g/mol. The molecule has 21 heavy (non-hydrogen) atoms. The summed E-state index contributed by atoms with van der Waals surface area (Å²) in [4.78, 5) is 0. The Hall–Kier alpha value is -1.77. The van der Waals surface area contributed by atoms with E-state index in [0.717, 1.165) is 11.3 Å². The van der Waals surface area contributed by atoms with Gasteiger partial charge in [0.25, 0.3) is 10.0 Å². The molecular formula is C13H15NO5S2. The highest BCUT2D eigenvalue weighted by atomic mass is 32.2. The van der Waals surface area contributed by atoms with Gasteiger partial charge in [0.1, 0.15) is 15.7 Å². The molecule has 0 amide bonds. The number of hydrogen-bond acceptors (Lipinski definition) is 6. The van der Waals surface area contributed by atoms with Crippen LogP contribution >= 0.6 is 11.3 Å². The van der Waals surface area contributed by atoms with E-state index in [1.54, 1.807) is 23.6 Å². The molecule has 0 unspecified atom stereocenters. The lowest BCUT2D eigenvalue weighted by Gasteiger charge is -2.12. The van der Waals surface area contributed by atoms with Crippen LogP contribution in [-0.2, 0) is 16.6 Å². The molecule has 1 aromatic heterocycles. The summed E-state index contributed by atoms with van der Waals surface area (Å²) in [6.07, 6.45) is 0. The Balaban J connectivity index is 2.32. The summed E-state index contributed by atoms with van der Waals surface area (Å²) in [5.74, 6) is 0.922. The summed E-state index contributed by atoms with van der Waals surface area (Å²) in [5.41, 5.74) is 0.874. The molecule has 0 spiro atoms. The lowest BCUT2D eigenvalue weighted by molar-refractivity contribution is 0.282. The van der Waals surface area contributed by atoms with Crippen molar-refractivity contribution in [2.75, 3.05) is 18.9 Å². The molecule has 0 atom stereocenters. The van der Waals surface area contributed by atoms with Gasteiger partial charge in [0.15, 0.2) is 0 Å². The Kier molecular flexibility index (Phi) is 4.71. The van der Waals surface area contributed by atoms with Crippen LogP contribution in [0.15, 0.2) is 33.9 Å². The van der Waals surface area contributed by atoms with Gasteiger partial charge in [0, 0.05) is 6.07 Å². The number of nitrogens with one attached hydrogen (secondary N) is 1. The van der Waals surface area contributed by atoms with Gasteiger partial charge >= 0.3 is 0 Å². The van der Waals surface area contributed by atoms with E-state index in [-0.39, 0.29) is 10.8 Å². The van der Waals surface area contributed by atoms with E-state index in [9.17, 15) is 8.42 Å². The Morgan fingerprint density at radius 1 is 1.24 bits per heavy atom. The monoisotopic (exact) mass is 329 g/mol. The highest BCUT2D eigenvalue weighted by Crippen LogP contribution is 2.31. The van der Waals surface area contributed by atoms with E-state index < -0.39 is 10.0 Å². The Labute approximate surface area is 127 Å². The molecule has 2 aromatic rings. The molecule has 0 saturated carbocycles. The predicted molar refractivity (Wildman–Crippen MR) is 80.6 cm³/mol. The first-order chi connectivity index (χ1) is 10.00. The zero-order valence-corrected chi connectivity index (χ0v) is 13.1. The van der Waals surface area contributed by atoms with Gasteiger partial charge < -0.3 is 14.6 Å². The first kappa shape index (κ1) is 15.6. The van der Waals surface area contributed by atoms with Crippen molar-refractivity contribution in [3.8, 4) is 11.5 Å². The number of aliphatic hydroxyl groups is 1. The third kappa shape index (κ3) is 3.46. The number of thiophene rings is 1. The molecule has 1 aromatic carbocycles. The number of ether oxygens (including phenoxy) is 2. The largest absolute Gasteiger partial charge is 0.497 e. The molecule has 0 radical (unpaired) electrons. The Morgan fingerprint density at radius 2 is 2.00 bits per heavy atom. The summed E-state index contributed by atoms with van der Waals surface area (Å²) < 4.78 is 37.4. The standard InChI is InChI=1S/C13H15NO5S2/c1-18-10-3-4-11(12(6-10)19-2)14-21(16,17)13-5-9(7-15)8-20-13/h3-6,8,14-15H,7H2,1-2H3. The smallest absolute Gasteiger partial charge is 0.271 e. The van der Waals surface area contributed by atoms with Crippen LogP contribution < -0.4 is 14.2 Å². The van der Waals surface area contributed by atoms with E-state index in [1.165, 1.54) is 20.3 Å². The van der Waals surface area contributed by atoms with Gasteiger partial charge in [0.05, 0.1) is 26.5 Å². The molecule has 0 bridgehead atoms. The third-order valence-electron chi connectivity index (χ3n) is 2.73. The molecule has 114 valence electrons. The van der Waals surface area contributed by atoms with Crippen molar-refractivity contribution >= 4 is 27.0 Å². The highest BCUT2D eigenvalue weighted by molar-refractivity contribution is 7.94. The Bertz CT molecular complexity index is 724. The van der Waals surface area contributed by atoms with Gasteiger partial charge in [-0.3, -0.25) is 4.72 Å². The molecule has 2 rings (SSSR count).